The highest BCUT2D eigenvalue weighted by Crippen LogP contribution is 2.25. The summed E-state index contributed by atoms with van der Waals surface area (Å²) < 4.78 is 9.75. The van der Waals surface area contributed by atoms with Gasteiger partial charge in [-0.15, -0.1) is 0 Å². The average molecular weight is 438 g/mol. The van der Waals surface area contributed by atoms with Gasteiger partial charge in [0.1, 0.15) is 12.2 Å². The molecule has 0 spiro atoms. The number of ether oxygens (including phenoxy) is 2. The number of nitrogens with zero attached hydrogens (tertiary/aromatic N) is 1. The van der Waals surface area contributed by atoms with E-state index in [-0.39, 0.29) is 11.6 Å². The number of hydrogen-bond donors (Lipinski definition) is 2. The molecule has 0 atom stereocenters. The minimum absolute atomic E-state index is 0.220. The lowest BCUT2D eigenvalue weighted by molar-refractivity contribution is -0.143. The Bertz CT molecular complexity index is 934. The van der Waals surface area contributed by atoms with Crippen molar-refractivity contribution in [3.05, 3.63) is 58.1 Å². The van der Waals surface area contributed by atoms with Gasteiger partial charge in [0.25, 0.3) is 0 Å². The van der Waals surface area contributed by atoms with Gasteiger partial charge in [0.05, 0.1) is 23.4 Å². The van der Waals surface area contributed by atoms with Crippen molar-refractivity contribution < 1.29 is 23.9 Å². The summed E-state index contributed by atoms with van der Waals surface area (Å²) in [7, 11) is 1.27. The van der Waals surface area contributed by atoms with E-state index in [1.165, 1.54) is 25.5 Å². The Morgan fingerprint density at radius 3 is 2.59 bits per heavy atom. The first-order valence-corrected chi connectivity index (χ1v) is 8.99. The first-order chi connectivity index (χ1) is 13.9. The molecular weight excluding hydrogens is 421 g/mol. The minimum Gasteiger partial charge on any atom is -0.482 e. The van der Waals surface area contributed by atoms with Crippen LogP contribution in [0.4, 0.5) is 5.69 Å². The first kappa shape index (κ1) is 22.2. The molecule has 0 saturated heterocycles. The molecule has 152 valence electrons. The van der Waals surface area contributed by atoms with Gasteiger partial charge in [-0.3, -0.25) is 9.59 Å². The highest BCUT2D eigenvalue weighted by molar-refractivity contribution is 6.42. The predicted octanol–water partition coefficient (Wildman–Crippen LogP) is 3.02. The number of anilines is 1. The van der Waals surface area contributed by atoms with Crippen molar-refractivity contribution in [1.82, 2.24) is 5.43 Å². The smallest absolute Gasteiger partial charge is 0.343 e. The highest BCUT2D eigenvalue weighted by Gasteiger charge is 2.10. The molecule has 0 aliphatic rings. The maximum absolute atomic E-state index is 11.9. The number of carbonyl (C=O) groups excluding carboxylic acids is 3. The van der Waals surface area contributed by atoms with E-state index in [1.807, 2.05) is 0 Å². The van der Waals surface area contributed by atoms with E-state index in [4.69, 9.17) is 27.9 Å². The van der Waals surface area contributed by atoms with Gasteiger partial charge < -0.3 is 14.8 Å². The lowest BCUT2D eigenvalue weighted by atomic mass is 10.2. The molecule has 0 unspecified atom stereocenters. The molecule has 0 fully saturated rings. The predicted molar refractivity (Wildman–Crippen MR) is 109 cm³/mol. The summed E-state index contributed by atoms with van der Waals surface area (Å²) in [6, 6.07) is 11.3. The summed E-state index contributed by atoms with van der Waals surface area (Å²) in [4.78, 5) is 34.8. The molecule has 2 aromatic carbocycles. The number of carbonyl (C=O) groups is 3. The third kappa shape index (κ3) is 7.81. The van der Waals surface area contributed by atoms with Gasteiger partial charge in [-0.25, -0.2) is 10.2 Å². The van der Waals surface area contributed by atoms with Crippen LogP contribution in [0, 0.1) is 0 Å². The van der Waals surface area contributed by atoms with Gasteiger partial charge in [0.15, 0.2) is 6.61 Å². The summed E-state index contributed by atoms with van der Waals surface area (Å²) >= 11 is 11.7. The monoisotopic (exact) mass is 437 g/mol. The molecule has 2 N–H and O–H groups in total. The van der Waals surface area contributed by atoms with Crippen LogP contribution >= 0.6 is 23.2 Å². The summed E-state index contributed by atoms with van der Waals surface area (Å²) in [5.41, 5.74) is 3.29. The molecule has 10 heteroatoms. The third-order valence-corrected chi connectivity index (χ3v) is 4.11. The maximum atomic E-state index is 11.9. The highest BCUT2D eigenvalue weighted by atomic mass is 35.5. The fraction of sp³-hybridized carbons (Fsp3) is 0.158. The second-order valence-electron chi connectivity index (χ2n) is 5.58. The standard InChI is InChI=1S/C19H17Cl2N3O5/c1-28-19(27)11-29-14-4-2-3-12(7-14)10-22-24-18(26)9-17(25)23-13-5-6-15(20)16(21)8-13/h2-8,10H,9,11H2,1H3,(H,23,25)(H,24,26). The summed E-state index contributed by atoms with van der Waals surface area (Å²) in [6.07, 6.45) is 0.944. The van der Waals surface area contributed by atoms with E-state index >= 15 is 0 Å². The van der Waals surface area contributed by atoms with E-state index in [0.717, 1.165) is 0 Å². The van der Waals surface area contributed by atoms with Gasteiger partial charge in [-0.2, -0.15) is 5.10 Å². The molecular formula is C19H17Cl2N3O5. The van der Waals surface area contributed by atoms with E-state index in [9.17, 15) is 14.4 Å². The Hall–Kier alpha value is -3.10. The van der Waals surface area contributed by atoms with Crippen molar-refractivity contribution in [2.75, 3.05) is 19.0 Å². The van der Waals surface area contributed by atoms with Gasteiger partial charge in [0.2, 0.25) is 11.8 Å². The fourth-order valence-electron chi connectivity index (χ4n) is 2.03. The molecule has 29 heavy (non-hydrogen) atoms. The zero-order valence-electron chi connectivity index (χ0n) is 15.3. The topological polar surface area (TPSA) is 106 Å². The van der Waals surface area contributed by atoms with Crippen LogP contribution in [0.15, 0.2) is 47.6 Å². The minimum atomic E-state index is -0.600. The van der Waals surface area contributed by atoms with Crippen LogP contribution in [0.2, 0.25) is 10.0 Å². The third-order valence-electron chi connectivity index (χ3n) is 3.37. The molecule has 0 radical (unpaired) electrons. The van der Waals surface area contributed by atoms with Crippen LogP contribution in [-0.4, -0.2) is 37.7 Å². The Morgan fingerprint density at radius 1 is 1.07 bits per heavy atom. The number of hydrogen-bond acceptors (Lipinski definition) is 6. The number of hydrazone groups is 1. The van der Waals surface area contributed by atoms with Crippen molar-refractivity contribution in [2.24, 2.45) is 5.10 Å². The second-order valence-corrected chi connectivity index (χ2v) is 6.40. The van der Waals surface area contributed by atoms with Gasteiger partial charge >= 0.3 is 5.97 Å². The molecule has 0 aliphatic heterocycles. The molecule has 8 nitrogen and oxygen atoms in total. The van der Waals surface area contributed by atoms with Crippen LogP contribution < -0.4 is 15.5 Å². The van der Waals surface area contributed by atoms with E-state index in [0.29, 0.717) is 22.0 Å². The van der Waals surface area contributed by atoms with Crippen molar-refractivity contribution >= 4 is 52.9 Å². The number of halogens is 2. The summed E-state index contributed by atoms with van der Waals surface area (Å²) in [5.74, 6) is -1.20. The van der Waals surface area contributed by atoms with Gasteiger partial charge in [-0.05, 0) is 35.9 Å². The number of esters is 1. The van der Waals surface area contributed by atoms with Gasteiger partial charge in [-0.1, -0.05) is 35.3 Å². The average Bonchev–Trinajstić information content (AvgIpc) is 2.69. The van der Waals surface area contributed by atoms with Crippen LogP contribution in [0.3, 0.4) is 0 Å². The van der Waals surface area contributed by atoms with Crippen LogP contribution in [0.5, 0.6) is 5.75 Å². The number of amides is 2. The summed E-state index contributed by atoms with van der Waals surface area (Å²) in [5, 5.41) is 6.97. The molecule has 0 aliphatic carbocycles. The van der Waals surface area contributed by atoms with Crippen molar-refractivity contribution in [3.63, 3.8) is 0 Å². The molecule has 0 aromatic heterocycles. The Morgan fingerprint density at radius 2 is 1.86 bits per heavy atom. The van der Waals surface area contributed by atoms with Crippen molar-refractivity contribution in [2.45, 2.75) is 6.42 Å². The van der Waals surface area contributed by atoms with Crippen LogP contribution in [0.25, 0.3) is 0 Å². The second kappa shape index (κ2) is 11.0. The first-order valence-electron chi connectivity index (χ1n) is 8.24. The zero-order chi connectivity index (χ0) is 21.2. The molecule has 0 bridgehead atoms. The van der Waals surface area contributed by atoms with Crippen molar-refractivity contribution in [3.8, 4) is 5.75 Å². The molecule has 0 heterocycles. The van der Waals surface area contributed by atoms with Gasteiger partial charge in [0, 0.05) is 5.69 Å². The lowest BCUT2D eigenvalue weighted by Crippen LogP contribution is -2.24. The van der Waals surface area contributed by atoms with E-state index in [2.05, 4.69) is 20.6 Å². The number of benzene rings is 2. The molecule has 2 aromatic rings. The quantitative estimate of drug-likeness (QED) is 0.285. The van der Waals surface area contributed by atoms with E-state index < -0.39 is 24.2 Å². The summed E-state index contributed by atoms with van der Waals surface area (Å²) in [6.45, 7) is -0.220. The lowest BCUT2D eigenvalue weighted by Gasteiger charge is -2.06. The Balaban J connectivity index is 1.82. The SMILES string of the molecule is COC(=O)COc1cccc(C=NNC(=O)CC(=O)Nc2ccc(Cl)c(Cl)c2)c1. The normalized spacial score (nSPS) is 10.4. The molecule has 0 saturated carbocycles. The number of nitrogens with one attached hydrogen (secondary N) is 2. The Kier molecular flexibility index (Phi) is 8.45. The van der Waals surface area contributed by atoms with E-state index in [1.54, 1.807) is 30.3 Å². The number of rotatable bonds is 8. The zero-order valence-corrected chi connectivity index (χ0v) is 16.8. The maximum Gasteiger partial charge on any atom is 0.343 e. The molecule has 2 rings (SSSR count). The van der Waals surface area contributed by atoms with Crippen LogP contribution in [-0.2, 0) is 19.1 Å². The van der Waals surface area contributed by atoms with Crippen molar-refractivity contribution in [1.29, 1.82) is 0 Å². The van der Waals surface area contributed by atoms with Crippen LogP contribution in [0.1, 0.15) is 12.0 Å². The largest absolute Gasteiger partial charge is 0.482 e. The molecule has 2 amide bonds. The Labute approximate surface area is 176 Å². The fourth-order valence-corrected chi connectivity index (χ4v) is 2.33. The number of methoxy groups -OCH3 is 1.